The number of nitro benzene ring substituents is 1. The van der Waals surface area contributed by atoms with Gasteiger partial charge in [0.25, 0.3) is 11.6 Å². The molecule has 1 N–H and O–H groups in total. The second-order valence-electron chi connectivity index (χ2n) is 4.37. The largest absolute Gasteiger partial charge is 0.459 e. The molecule has 0 spiro atoms. The zero-order chi connectivity index (χ0) is 14.8. The van der Waals surface area contributed by atoms with Crippen LogP contribution in [0.5, 0.6) is 0 Å². The zero-order valence-electron chi connectivity index (χ0n) is 10.8. The van der Waals surface area contributed by atoms with E-state index in [9.17, 15) is 14.9 Å². The minimum atomic E-state index is -0.444. The number of hydrogen-bond acceptors (Lipinski definition) is 4. The van der Waals surface area contributed by atoms with Gasteiger partial charge in [-0.1, -0.05) is 18.2 Å². The molecule has 1 amide bonds. The van der Waals surface area contributed by atoms with Gasteiger partial charge in [-0.2, -0.15) is 0 Å². The van der Waals surface area contributed by atoms with Crippen LogP contribution in [-0.2, 0) is 0 Å². The van der Waals surface area contributed by atoms with Crippen LogP contribution in [0.15, 0.2) is 59.2 Å². The molecule has 0 unspecified atom stereocenters. The third-order valence-corrected chi connectivity index (χ3v) is 3.09. The molecule has 0 bridgehead atoms. The Labute approximate surface area is 119 Å². The van der Waals surface area contributed by atoms with E-state index in [-0.39, 0.29) is 11.4 Å². The molecule has 21 heavy (non-hydrogen) atoms. The first-order valence-corrected chi connectivity index (χ1v) is 6.18. The topological polar surface area (TPSA) is 85.4 Å². The van der Waals surface area contributed by atoms with Crippen LogP contribution in [0.4, 0.5) is 11.4 Å². The van der Waals surface area contributed by atoms with Gasteiger partial charge < -0.3 is 9.73 Å². The van der Waals surface area contributed by atoms with Crippen LogP contribution in [0, 0.1) is 10.1 Å². The molecule has 0 aliphatic carbocycles. The first kappa shape index (κ1) is 12.9. The molecular weight excluding hydrogens is 272 g/mol. The summed E-state index contributed by atoms with van der Waals surface area (Å²) >= 11 is 0. The minimum Gasteiger partial charge on any atom is -0.459 e. The predicted octanol–water partition coefficient (Wildman–Crippen LogP) is 3.59. The van der Waals surface area contributed by atoms with E-state index in [0.29, 0.717) is 16.5 Å². The van der Waals surface area contributed by atoms with E-state index in [1.807, 2.05) is 0 Å². The number of nitrogens with one attached hydrogen (secondary N) is 1. The van der Waals surface area contributed by atoms with E-state index in [2.05, 4.69) is 5.32 Å². The number of nitrogens with zero attached hydrogens (tertiary/aromatic N) is 1. The highest BCUT2D eigenvalue weighted by Gasteiger charge is 2.16. The fourth-order valence-electron chi connectivity index (χ4n) is 2.14. The van der Waals surface area contributed by atoms with Gasteiger partial charge in [-0.15, -0.1) is 0 Å². The molecule has 6 nitrogen and oxygen atoms in total. The summed E-state index contributed by atoms with van der Waals surface area (Å²) in [5.74, 6) is -0.226. The standard InChI is InChI=1S/C15H10N2O4/c18-15(14-6-3-9-21-14)16-12-7-8-13(17(19)20)11-5-2-1-4-10(11)12/h1-9H,(H,16,18). The third kappa shape index (κ3) is 2.34. The summed E-state index contributed by atoms with van der Waals surface area (Å²) in [6.45, 7) is 0. The van der Waals surface area contributed by atoms with Crippen LogP contribution < -0.4 is 5.32 Å². The molecule has 3 aromatic rings. The molecule has 3 rings (SSSR count). The summed E-state index contributed by atoms with van der Waals surface area (Å²) in [4.78, 5) is 22.6. The molecule has 6 heteroatoms. The fraction of sp³-hybridized carbons (Fsp3) is 0. The van der Waals surface area contributed by atoms with Gasteiger partial charge in [-0.25, -0.2) is 0 Å². The van der Waals surface area contributed by atoms with Crippen LogP contribution in [-0.4, -0.2) is 10.8 Å². The van der Waals surface area contributed by atoms with Crippen molar-refractivity contribution in [2.24, 2.45) is 0 Å². The van der Waals surface area contributed by atoms with Crippen LogP contribution in [0.3, 0.4) is 0 Å². The van der Waals surface area contributed by atoms with E-state index in [0.717, 1.165) is 0 Å². The first-order chi connectivity index (χ1) is 10.2. The lowest BCUT2D eigenvalue weighted by atomic mass is 10.1. The summed E-state index contributed by atoms with van der Waals surface area (Å²) in [7, 11) is 0. The summed E-state index contributed by atoms with van der Waals surface area (Å²) in [5.41, 5.74) is 0.499. The Bertz CT molecular complexity index is 825. The first-order valence-electron chi connectivity index (χ1n) is 6.18. The van der Waals surface area contributed by atoms with Crippen molar-refractivity contribution in [1.82, 2.24) is 0 Å². The zero-order valence-corrected chi connectivity index (χ0v) is 10.8. The maximum atomic E-state index is 12.0. The Kier molecular flexibility index (Phi) is 3.12. The van der Waals surface area contributed by atoms with Gasteiger partial charge in [0.15, 0.2) is 5.76 Å². The van der Waals surface area contributed by atoms with Crippen LogP contribution in [0.2, 0.25) is 0 Å². The number of hydrogen-bond donors (Lipinski definition) is 1. The molecule has 0 atom stereocenters. The summed E-state index contributed by atoms with van der Waals surface area (Å²) in [6, 6.07) is 12.9. The van der Waals surface area contributed by atoms with Gasteiger partial charge in [0.1, 0.15) is 0 Å². The Balaban J connectivity index is 2.06. The lowest BCUT2D eigenvalue weighted by Crippen LogP contribution is -2.11. The second-order valence-corrected chi connectivity index (χ2v) is 4.37. The number of carbonyl (C=O) groups excluding carboxylic acids is 1. The molecule has 104 valence electrons. The normalized spacial score (nSPS) is 10.5. The number of furan rings is 1. The molecule has 1 heterocycles. The maximum Gasteiger partial charge on any atom is 0.291 e. The smallest absolute Gasteiger partial charge is 0.291 e. The van der Waals surface area contributed by atoms with Crippen molar-refractivity contribution < 1.29 is 14.1 Å². The molecule has 0 saturated heterocycles. The molecule has 0 aliphatic rings. The van der Waals surface area contributed by atoms with Crippen LogP contribution in [0.1, 0.15) is 10.6 Å². The quantitative estimate of drug-likeness (QED) is 0.587. The van der Waals surface area contributed by atoms with Crippen molar-refractivity contribution >= 4 is 28.1 Å². The van der Waals surface area contributed by atoms with Crippen molar-refractivity contribution in [3.63, 3.8) is 0 Å². The average Bonchev–Trinajstić information content (AvgIpc) is 3.01. The van der Waals surface area contributed by atoms with Crippen molar-refractivity contribution in [3.8, 4) is 0 Å². The van der Waals surface area contributed by atoms with Gasteiger partial charge >= 0.3 is 0 Å². The molecule has 2 aromatic carbocycles. The third-order valence-electron chi connectivity index (χ3n) is 3.09. The monoisotopic (exact) mass is 282 g/mol. The second kappa shape index (κ2) is 5.09. The van der Waals surface area contributed by atoms with Crippen molar-refractivity contribution in [3.05, 3.63) is 70.7 Å². The lowest BCUT2D eigenvalue weighted by molar-refractivity contribution is -0.383. The predicted molar refractivity (Wildman–Crippen MR) is 77.3 cm³/mol. The number of non-ortho nitro benzene ring substituents is 1. The summed E-state index contributed by atoms with van der Waals surface area (Å²) in [6.07, 6.45) is 1.41. The van der Waals surface area contributed by atoms with Crippen LogP contribution >= 0.6 is 0 Å². The van der Waals surface area contributed by atoms with Gasteiger partial charge in [0.2, 0.25) is 0 Å². The Morgan fingerprint density at radius 3 is 2.48 bits per heavy atom. The molecule has 0 saturated carbocycles. The SMILES string of the molecule is O=C(Nc1ccc([N+](=O)[O-])c2ccccc12)c1ccco1. The Hall–Kier alpha value is -3.15. The summed E-state index contributed by atoms with van der Waals surface area (Å²) < 4.78 is 5.02. The number of rotatable bonds is 3. The highest BCUT2D eigenvalue weighted by Crippen LogP contribution is 2.31. The van der Waals surface area contributed by atoms with E-state index < -0.39 is 10.8 Å². The van der Waals surface area contributed by atoms with Gasteiger partial charge in [-0.05, 0) is 24.3 Å². The maximum absolute atomic E-state index is 12.0. The summed E-state index contributed by atoms with van der Waals surface area (Å²) in [5, 5.41) is 14.8. The van der Waals surface area contributed by atoms with Crippen molar-refractivity contribution in [2.45, 2.75) is 0 Å². The number of fused-ring (bicyclic) bond motifs is 1. The average molecular weight is 282 g/mol. The number of carbonyl (C=O) groups is 1. The highest BCUT2D eigenvalue weighted by atomic mass is 16.6. The van der Waals surface area contributed by atoms with Crippen molar-refractivity contribution in [2.75, 3.05) is 5.32 Å². The van der Waals surface area contributed by atoms with Crippen LogP contribution in [0.25, 0.3) is 10.8 Å². The lowest BCUT2D eigenvalue weighted by Gasteiger charge is -2.08. The number of nitro groups is 1. The van der Waals surface area contributed by atoms with E-state index in [1.165, 1.54) is 18.4 Å². The van der Waals surface area contributed by atoms with Gasteiger partial charge in [0, 0.05) is 17.1 Å². The molecule has 0 radical (unpaired) electrons. The Morgan fingerprint density at radius 2 is 1.81 bits per heavy atom. The molecule has 0 aliphatic heterocycles. The number of anilines is 1. The Morgan fingerprint density at radius 1 is 1.05 bits per heavy atom. The highest BCUT2D eigenvalue weighted by molar-refractivity contribution is 6.09. The van der Waals surface area contributed by atoms with Gasteiger partial charge in [0.05, 0.1) is 16.6 Å². The van der Waals surface area contributed by atoms with E-state index in [4.69, 9.17) is 4.42 Å². The van der Waals surface area contributed by atoms with E-state index >= 15 is 0 Å². The number of benzene rings is 2. The molecule has 0 fully saturated rings. The molecule has 1 aromatic heterocycles. The van der Waals surface area contributed by atoms with E-state index in [1.54, 1.807) is 36.4 Å². The fourth-order valence-corrected chi connectivity index (χ4v) is 2.14. The minimum absolute atomic E-state index is 0.00148. The van der Waals surface area contributed by atoms with Crippen molar-refractivity contribution in [1.29, 1.82) is 0 Å². The van der Waals surface area contributed by atoms with Gasteiger partial charge in [-0.3, -0.25) is 14.9 Å². The molecular formula is C15H10N2O4. The number of amides is 1.